The van der Waals surface area contributed by atoms with Gasteiger partial charge in [-0.3, -0.25) is 4.79 Å². The van der Waals surface area contributed by atoms with Crippen LogP contribution in [-0.4, -0.2) is 40.1 Å². The number of carbonyl (C=O) groups is 2. The van der Waals surface area contributed by atoms with Crippen molar-refractivity contribution in [3.05, 3.63) is 71.1 Å². The number of benzene rings is 2. The van der Waals surface area contributed by atoms with Gasteiger partial charge in [0.2, 0.25) is 11.8 Å². The minimum absolute atomic E-state index is 0.0327. The molecule has 1 unspecified atom stereocenters. The Kier molecular flexibility index (Phi) is 4.24. The van der Waals surface area contributed by atoms with Crippen LogP contribution in [0, 0.1) is 0 Å². The summed E-state index contributed by atoms with van der Waals surface area (Å²) in [4.78, 5) is 27.6. The van der Waals surface area contributed by atoms with E-state index in [-0.39, 0.29) is 17.8 Å². The second kappa shape index (κ2) is 6.91. The molecule has 2 fully saturated rings. The SMILES string of the molecule is O=C1OC2(CCN(C(=O)C3(c4ccc(-c5nnc(C(F)(F)F)o5)cc4)CC3)C2)c2ccccc21. The lowest BCUT2D eigenvalue weighted by molar-refractivity contribution is -0.157. The summed E-state index contributed by atoms with van der Waals surface area (Å²) in [5.41, 5.74) is 0.993. The molecular weight excluding hydrogens is 451 g/mol. The maximum Gasteiger partial charge on any atom is 0.470 e. The van der Waals surface area contributed by atoms with Gasteiger partial charge in [0.15, 0.2) is 5.60 Å². The van der Waals surface area contributed by atoms with E-state index in [1.807, 2.05) is 12.1 Å². The molecule has 1 aromatic heterocycles. The molecule has 3 aromatic rings. The Morgan fingerprint density at radius 2 is 1.74 bits per heavy atom. The van der Waals surface area contributed by atoms with Gasteiger partial charge in [-0.25, -0.2) is 4.79 Å². The van der Waals surface area contributed by atoms with Gasteiger partial charge in [-0.2, -0.15) is 13.2 Å². The summed E-state index contributed by atoms with van der Waals surface area (Å²) in [7, 11) is 0. The Morgan fingerprint density at radius 3 is 2.41 bits per heavy atom. The number of nitrogens with zero attached hydrogens (tertiary/aromatic N) is 3. The van der Waals surface area contributed by atoms with Gasteiger partial charge < -0.3 is 14.1 Å². The second-order valence-corrected chi connectivity index (χ2v) is 8.98. The van der Waals surface area contributed by atoms with E-state index in [4.69, 9.17) is 9.15 Å². The molecule has 1 saturated heterocycles. The van der Waals surface area contributed by atoms with E-state index in [1.165, 1.54) is 0 Å². The van der Waals surface area contributed by atoms with Crippen LogP contribution in [0.4, 0.5) is 13.2 Å². The van der Waals surface area contributed by atoms with Gasteiger partial charge in [-0.05, 0) is 36.6 Å². The number of ether oxygens (including phenoxy) is 1. The highest BCUT2D eigenvalue weighted by Crippen LogP contribution is 2.52. The topological polar surface area (TPSA) is 85.5 Å². The van der Waals surface area contributed by atoms with Crippen molar-refractivity contribution >= 4 is 11.9 Å². The molecule has 0 N–H and O–H groups in total. The van der Waals surface area contributed by atoms with E-state index in [0.717, 1.165) is 11.1 Å². The van der Waals surface area contributed by atoms with Crippen LogP contribution in [-0.2, 0) is 26.7 Å². The van der Waals surface area contributed by atoms with E-state index >= 15 is 0 Å². The molecule has 3 aliphatic rings. The van der Waals surface area contributed by atoms with E-state index in [0.29, 0.717) is 43.5 Å². The molecule has 34 heavy (non-hydrogen) atoms. The highest BCUT2D eigenvalue weighted by Gasteiger charge is 2.57. The molecule has 1 spiro atoms. The average molecular weight is 469 g/mol. The monoisotopic (exact) mass is 469 g/mol. The lowest BCUT2D eigenvalue weighted by Gasteiger charge is -2.27. The van der Waals surface area contributed by atoms with Crippen molar-refractivity contribution in [3.8, 4) is 11.5 Å². The van der Waals surface area contributed by atoms with Crippen molar-refractivity contribution in [2.75, 3.05) is 13.1 Å². The van der Waals surface area contributed by atoms with Crippen molar-refractivity contribution in [2.24, 2.45) is 0 Å². The Labute approximate surface area is 191 Å². The number of hydrogen-bond acceptors (Lipinski definition) is 6. The molecule has 1 atom stereocenters. The first-order valence-electron chi connectivity index (χ1n) is 10.9. The molecule has 2 aliphatic heterocycles. The van der Waals surface area contributed by atoms with E-state index in [1.54, 1.807) is 41.3 Å². The van der Waals surface area contributed by atoms with Crippen molar-refractivity contribution in [1.82, 2.24) is 15.1 Å². The van der Waals surface area contributed by atoms with Crippen molar-refractivity contribution < 1.29 is 31.9 Å². The van der Waals surface area contributed by atoms with Crippen molar-refractivity contribution in [3.63, 3.8) is 0 Å². The summed E-state index contributed by atoms with van der Waals surface area (Å²) < 4.78 is 48.7. The number of fused-ring (bicyclic) bond motifs is 2. The molecule has 7 nitrogen and oxygen atoms in total. The molecule has 1 amide bonds. The molecule has 1 saturated carbocycles. The van der Waals surface area contributed by atoms with Gasteiger partial charge in [0.05, 0.1) is 17.5 Å². The summed E-state index contributed by atoms with van der Waals surface area (Å²) >= 11 is 0. The van der Waals surface area contributed by atoms with Crippen LogP contribution < -0.4 is 0 Å². The molecular formula is C24H18F3N3O4. The summed E-state index contributed by atoms with van der Waals surface area (Å²) in [6.45, 7) is 0.777. The van der Waals surface area contributed by atoms with Gasteiger partial charge in [0, 0.05) is 24.1 Å². The van der Waals surface area contributed by atoms with Crippen molar-refractivity contribution in [2.45, 2.75) is 36.5 Å². The number of halogens is 3. The number of carbonyl (C=O) groups excluding carboxylic acids is 2. The Hall–Kier alpha value is -3.69. The predicted molar refractivity (Wildman–Crippen MR) is 110 cm³/mol. The summed E-state index contributed by atoms with van der Waals surface area (Å²) in [5.74, 6) is -2.04. The summed E-state index contributed by atoms with van der Waals surface area (Å²) in [6, 6.07) is 13.9. The minimum Gasteiger partial charge on any atom is -0.449 e. The molecule has 0 radical (unpaired) electrons. The fourth-order valence-corrected chi connectivity index (χ4v) is 5.04. The normalized spacial score (nSPS) is 22.7. The van der Waals surface area contributed by atoms with Crippen LogP contribution in [0.15, 0.2) is 52.9 Å². The maximum absolute atomic E-state index is 13.6. The zero-order chi connectivity index (χ0) is 23.7. The highest BCUT2D eigenvalue weighted by atomic mass is 19.4. The second-order valence-electron chi connectivity index (χ2n) is 8.98. The first-order valence-corrected chi connectivity index (χ1v) is 10.9. The van der Waals surface area contributed by atoms with Crippen LogP contribution in [0.25, 0.3) is 11.5 Å². The first-order chi connectivity index (χ1) is 16.2. The van der Waals surface area contributed by atoms with Gasteiger partial charge in [-0.1, -0.05) is 30.3 Å². The van der Waals surface area contributed by atoms with Crippen LogP contribution >= 0.6 is 0 Å². The zero-order valence-electron chi connectivity index (χ0n) is 17.8. The van der Waals surface area contributed by atoms with Gasteiger partial charge in [0.25, 0.3) is 0 Å². The maximum atomic E-state index is 13.6. The quantitative estimate of drug-likeness (QED) is 0.538. The van der Waals surface area contributed by atoms with E-state index in [9.17, 15) is 22.8 Å². The average Bonchev–Trinajstić information content (AvgIpc) is 3.17. The number of likely N-dealkylation sites (tertiary alicyclic amines) is 1. The van der Waals surface area contributed by atoms with Crippen LogP contribution in [0.5, 0.6) is 0 Å². The lowest BCUT2D eigenvalue weighted by atomic mass is 9.91. The summed E-state index contributed by atoms with van der Waals surface area (Å²) in [6.07, 6.45) is -2.83. The Morgan fingerprint density at radius 1 is 1.00 bits per heavy atom. The van der Waals surface area contributed by atoms with Gasteiger partial charge in [-0.15, -0.1) is 10.2 Å². The third-order valence-corrected chi connectivity index (χ3v) is 6.96. The molecule has 174 valence electrons. The van der Waals surface area contributed by atoms with Crippen LogP contribution in [0.2, 0.25) is 0 Å². The standard InChI is InChI=1S/C24H18F3N3O4/c25-24(26,27)20-29-28-18(33-20)14-5-7-15(8-6-14)22(9-10-22)21(32)30-12-11-23(13-30)17-4-2-1-3-16(17)19(31)34-23/h1-8H,9-13H2. The van der Waals surface area contributed by atoms with Gasteiger partial charge in [0.1, 0.15) is 0 Å². The molecule has 1 aliphatic carbocycles. The predicted octanol–water partition coefficient (Wildman–Crippen LogP) is 4.09. The fourth-order valence-electron chi connectivity index (χ4n) is 5.04. The number of alkyl halides is 3. The molecule has 3 heterocycles. The molecule has 2 aromatic carbocycles. The Balaban J connectivity index is 1.22. The number of aromatic nitrogens is 2. The zero-order valence-corrected chi connectivity index (χ0v) is 17.8. The van der Waals surface area contributed by atoms with Gasteiger partial charge >= 0.3 is 18.0 Å². The summed E-state index contributed by atoms with van der Waals surface area (Å²) in [5, 5.41) is 6.52. The third-order valence-electron chi connectivity index (χ3n) is 6.96. The molecule has 0 bridgehead atoms. The molecule has 10 heteroatoms. The van der Waals surface area contributed by atoms with Crippen LogP contribution in [0.3, 0.4) is 0 Å². The van der Waals surface area contributed by atoms with Crippen molar-refractivity contribution in [1.29, 1.82) is 0 Å². The highest BCUT2D eigenvalue weighted by molar-refractivity contribution is 5.96. The van der Waals surface area contributed by atoms with E-state index in [2.05, 4.69) is 10.2 Å². The number of amides is 1. The number of rotatable bonds is 3. The first kappa shape index (κ1) is 20.9. The van der Waals surface area contributed by atoms with Crippen LogP contribution in [0.1, 0.15) is 46.6 Å². The molecule has 6 rings (SSSR count). The minimum atomic E-state index is -4.71. The fraction of sp³-hybridized carbons (Fsp3) is 0.333. The lowest BCUT2D eigenvalue weighted by Crippen LogP contribution is -2.40. The Bertz CT molecular complexity index is 1310. The third kappa shape index (κ3) is 3.04. The number of hydrogen-bond donors (Lipinski definition) is 0. The number of esters is 1. The largest absolute Gasteiger partial charge is 0.470 e. The van der Waals surface area contributed by atoms with E-state index < -0.39 is 23.1 Å². The smallest absolute Gasteiger partial charge is 0.449 e.